The van der Waals surface area contributed by atoms with Crippen molar-refractivity contribution < 1.29 is 13.9 Å². The van der Waals surface area contributed by atoms with Gasteiger partial charge in [-0.3, -0.25) is 4.90 Å². The summed E-state index contributed by atoms with van der Waals surface area (Å²) in [7, 11) is 0. The lowest BCUT2D eigenvalue weighted by atomic mass is 9.87. The van der Waals surface area contributed by atoms with Crippen LogP contribution in [-0.2, 0) is 6.54 Å². The van der Waals surface area contributed by atoms with Crippen molar-refractivity contribution in [3.8, 4) is 0 Å². The molecule has 3 aromatic carbocycles. The number of aliphatic hydroxyl groups is 1. The Morgan fingerprint density at radius 2 is 1.37 bits per heavy atom. The lowest BCUT2D eigenvalue weighted by molar-refractivity contribution is 0.108. The third-order valence-corrected chi connectivity index (χ3v) is 5.37. The maximum absolute atomic E-state index is 13.5. The van der Waals surface area contributed by atoms with E-state index >= 15 is 0 Å². The Bertz CT molecular complexity index is 940. The monoisotopic (exact) mass is 427 g/mol. The summed E-state index contributed by atoms with van der Waals surface area (Å²) >= 11 is 0. The van der Waals surface area contributed by atoms with Crippen LogP contribution in [0.2, 0.25) is 0 Å². The molecule has 0 radical (unpaired) electrons. The zero-order valence-corrected chi connectivity index (χ0v) is 17.3. The number of hydrogen-bond donors (Lipinski definition) is 1. The summed E-state index contributed by atoms with van der Waals surface area (Å²) < 4.78 is 26.9. The average Bonchev–Trinajstić information content (AvgIpc) is 2.73. The Morgan fingerprint density at radius 1 is 0.833 bits per heavy atom. The summed E-state index contributed by atoms with van der Waals surface area (Å²) in [6.45, 7) is 2.12. The van der Waals surface area contributed by atoms with E-state index in [-0.39, 0.29) is 24.0 Å². The van der Waals surface area contributed by atoms with E-state index in [1.165, 1.54) is 29.8 Å². The summed E-state index contributed by atoms with van der Waals surface area (Å²) in [5, 5.41) is 11.0. The second-order valence-electron chi connectivity index (χ2n) is 7.40. The van der Waals surface area contributed by atoms with Gasteiger partial charge in [0, 0.05) is 19.6 Å². The molecule has 4 rings (SSSR count). The molecule has 0 aromatic heterocycles. The first-order valence-electron chi connectivity index (χ1n) is 9.79. The molecule has 156 valence electrons. The van der Waals surface area contributed by atoms with Gasteiger partial charge in [0.1, 0.15) is 11.6 Å². The zero-order valence-electron chi connectivity index (χ0n) is 16.5. The van der Waals surface area contributed by atoms with Crippen LogP contribution in [0, 0.1) is 11.6 Å². The molecule has 1 heterocycles. The van der Waals surface area contributed by atoms with Gasteiger partial charge in [-0.25, -0.2) is 8.78 Å². The van der Waals surface area contributed by atoms with Crippen LogP contribution < -0.4 is 0 Å². The highest BCUT2D eigenvalue weighted by Gasteiger charge is 2.26. The number of aliphatic hydroxyl groups excluding tert-OH is 1. The van der Waals surface area contributed by atoms with Crippen molar-refractivity contribution in [3.63, 3.8) is 0 Å². The number of piperidine rings is 1. The van der Waals surface area contributed by atoms with Gasteiger partial charge in [-0.1, -0.05) is 54.6 Å². The molecule has 1 atom stereocenters. The van der Waals surface area contributed by atoms with Gasteiger partial charge in [0.25, 0.3) is 0 Å². The minimum atomic E-state index is -0.641. The van der Waals surface area contributed by atoms with E-state index < -0.39 is 6.10 Å². The zero-order chi connectivity index (χ0) is 20.2. The fourth-order valence-corrected chi connectivity index (χ4v) is 3.94. The second kappa shape index (κ2) is 9.98. The molecule has 0 spiro atoms. The van der Waals surface area contributed by atoms with E-state index in [1.54, 1.807) is 24.3 Å². The van der Waals surface area contributed by atoms with Crippen LogP contribution in [-0.4, -0.2) is 29.2 Å². The molecule has 1 aliphatic rings. The number of hydrogen-bond acceptors (Lipinski definition) is 2. The third-order valence-electron chi connectivity index (χ3n) is 5.37. The van der Waals surface area contributed by atoms with Crippen molar-refractivity contribution in [2.45, 2.75) is 19.1 Å². The van der Waals surface area contributed by atoms with Gasteiger partial charge in [-0.2, -0.15) is 0 Å². The van der Waals surface area contributed by atoms with Crippen LogP contribution in [0.3, 0.4) is 0 Å². The predicted molar refractivity (Wildman–Crippen MR) is 118 cm³/mol. The third kappa shape index (κ3) is 5.14. The predicted octanol–water partition coefficient (Wildman–Crippen LogP) is 5.46. The molecular weight excluding hydrogens is 404 g/mol. The molecule has 1 unspecified atom stereocenters. The number of nitrogens with zero attached hydrogens (tertiary/aromatic N) is 1. The van der Waals surface area contributed by atoms with Gasteiger partial charge in [-0.05, 0) is 58.5 Å². The Morgan fingerprint density at radius 3 is 1.87 bits per heavy atom. The van der Waals surface area contributed by atoms with Gasteiger partial charge >= 0.3 is 0 Å². The van der Waals surface area contributed by atoms with Gasteiger partial charge in [-0.15, -0.1) is 12.4 Å². The SMILES string of the molecule is Cl.OC1CN(Cc2ccccc2)CCC1=C(c1ccc(F)cc1)c1ccc(F)cc1. The van der Waals surface area contributed by atoms with Gasteiger partial charge in [0.15, 0.2) is 0 Å². The van der Waals surface area contributed by atoms with E-state index in [0.29, 0.717) is 13.0 Å². The quantitative estimate of drug-likeness (QED) is 0.598. The fraction of sp³-hybridized carbons (Fsp3) is 0.200. The minimum absolute atomic E-state index is 0. The van der Waals surface area contributed by atoms with Crippen LogP contribution in [0.25, 0.3) is 5.57 Å². The largest absolute Gasteiger partial charge is 0.387 e. The Balaban J connectivity index is 0.00000256. The molecule has 5 heteroatoms. The number of likely N-dealkylation sites (tertiary alicyclic amines) is 1. The highest BCUT2D eigenvalue weighted by atomic mass is 35.5. The number of rotatable bonds is 4. The fourth-order valence-electron chi connectivity index (χ4n) is 3.94. The topological polar surface area (TPSA) is 23.5 Å². The van der Waals surface area contributed by atoms with Crippen molar-refractivity contribution >= 4 is 18.0 Å². The summed E-state index contributed by atoms with van der Waals surface area (Å²) in [5.41, 5.74) is 4.63. The smallest absolute Gasteiger partial charge is 0.123 e. The molecule has 0 aliphatic carbocycles. The lowest BCUT2D eigenvalue weighted by Crippen LogP contribution is -2.39. The van der Waals surface area contributed by atoms with Crippen molar-refractivity contribution in [3.05, 3.63) is 113 Å². The first-order chi connectivity index (χ1) is 14.1. The Kier molecular flexibility index (Phi) is 7.38. The highest BCUT2D eigenvalue weighted by molar-refractivity contribution is 5.85. The lowest BCUT2D eigenvalue weighted by Gasteiger charge is -2.34. The van der Waals surface area contributed by atoms with E-state index in [2.05, 4.69) is 17.0 Å². The number of β-amino-alcohol motifs (C(OH)–C–C–N with tert-alkyl or cyclic N) is 1. The molecule has 0 saturated carbocycles. The van der Waals surface area contributed by atoms with Gasteiger partial charge in [0.05, 0.1) is 6.10 Å². The summed E-state index contributed by atoms with van der Waals surface area (Å²) in [6, 6.07) is 22.7. The summed E-state index contributed by atoms with van der Waals surface area (Å²) in [4.78, 5) is 2.23. The molecule has 1 saturated heterocycles. The molecule has 3 aromatic rings. The first kappa shape index (κ1) is 22.2. The van der Waals surface area contributed by atoms with Crippen molar-refractivity contribution in [1.82, 2.24) is 4.90 Å². The van der Waals surface area contributed by atoms with Crippen LogP contribution in [0.5, 0.6) is 0 Å². The average molecular weight is 428 g/mol. The van der Waals surface area contributed by atoms with E-state index in [1.807, 2.05) is 18.2 Å². The minimum Gasteiger partial charge on any atom is -0.387 e. The van der Waals surface area contributed by atoms with Gasteiger partial charge in [0.2, 0.25) is 0 Å². The van der Waals surface area contributed by atoms with E-state index in [0.717, 1.165) is 35.4 Å². The van der Waals surface area contributed by atoms with Crippen LogP contribution in [0.15, 0.2) is 84.4 Å². The molecule has 0 amide bonds. The van der Waals surface area contributed by atoms with Crippen LogP contribution in [0.1, 0.15) is 23.1 Å². The van der Waals surface area contributed by atoms with Crippen molar-refractivity contribution in [2.75, 3.05) is 13.1 Å². The molecule has 1 aliphatic heterocycles. The summed E-state index contributed by atoms with van der Waals surface area (Å²) in [5.74, 6) is -0.620. The second-order valence-corrected chi connectivity index (χ2v) is 7.40. The molecule has 0 bridgehead atoms. The summed E-state index contributed by atoms with van der Waals surface area (Å²) in [6.07, 6.45) is 0.0514. The van der Waals surface area contributed by atoms with Crippen LogP contribution >= 0.6 is 12.4 Å². The Hall–Kier alpha value is -2.53. The van der Waals surface area contributed by atoms with E-state index in [4.69, 9.17) is 0 Å². The number of benzene rings is 3. The number of halogens is 3. The van der Waals surface area contributed by atoms with Crippen LogP contribution in [0.4, 0.5) is 8.78 Å². The maximum Gasteiger partial charge on any atom is 0.123 e. The van der Waals surface area contributed by atoms with Crippen molar-refractivity contribution in [1.29, 1.82) is 0 Å². The normalized spacial score (nSPS) is 16.8. The van der Waals surface area contributed by atoms with Crippen molar-refractivity contribution in [2.24, 2.45) is 0 Å². The first-order valence-corrected chi connectivity index (χ1v) is 9.79. The molecule has 1 fully saturated rings. The molecule has 1 N–H and O–H groups in total. The molecule has 2 nitrogen and oxygen atoms in total. The maximum atomic E-state index is 13.5. The molecular formula is C25H24ClF2NO. The Labute approximate surface area is 181 Å². The highest BCUT2D eigenvalue weighted by Crippen LogP contribution is 2.33. The standard InChI is InChI=1S/C25H23F2NO.ClH/c26-21-10-6-19(7-11-21)25(20-8-12-22(27)13-9-20)23-14-15-28(17-24(23)29)16-18-4-2-1-3-5-18;/h1-13,24,29H,14-17H2;1H. The molecule has 30 heavy (non-hydrogen) atoms. The van der Waals surface area contributed by atoms with Gasteiger partial charge < -0.3 is 5.11 Å². The van der Waals surface area contributed by atoms with E-state index in [9.17, 15) is 13.9 Å².